The second kappa shape index (κ2) is 14.2. The molecule has 0 bridgehead atoms. The van der Waals surface area contributed by atoms with E-state index in [2.05, 4.69) is 133 Å². The van der Waals surface area contributed by atoms with Gasteiger partial charge in [0.2, 0.25) is 0 Å². The van der Waals surface area contributed by atoms with Crippen LogP contribution in [0.5, 0.6) is 0 Å². The van der Waals surface area contributed by atoms with Crippen molar-refractivity contribution >= 4 is 35.1 Å². The fourth-order valence-electron chi connectivity index (χ4n) is 5.29. The van der Waals surface area contributed by atoms with Gasteiger partial charge in [-0.15, -0.1) is 5.54 Å². The number of aliphatic hydroxyl groups is 1. The van der Waals surface area contributed by atoms with Gasteiger partial charge in [-0.3, -0.25) is 0 Å². The Balaban J connectivity index is 2.40. The Morgan fingerprint density at radius 2 is 1.29 bits per heavy atom. The summed E-state index contributed by atoms with van der Waals surface area (Å²) in [4.78, 5) is 0. The fraction of sp³-hybridized carbons (Fsp3) is 0.562. The Morgan fingerprint density at radius 3 is 1.68 bits per heavy atom. The molecule has 0 heterocycles. The first-order chi connectivity index (χ1) is 17.8. The van der Waals surface area contributed by atoms with Gasteiger partial charge < -0.3 is 14.0 Å². The minimum Gasteiger partial charge on any atom is -0.414 e. The smallest absolute Gasteiger partial charge is 0.261 e. The van der Waals surface area contributed by atoms with E-state index >= 15 is 0 Å². The second-order valence-electron chi connectivity index (χ2n) is 12.6. The van der Waals surface area contributed by atoms with E-state index in [9.17, 15) is 5.11 Å². The van der Waals surface area contributed by atoms with Gasteiger partial charge in [0.25, 0.3) is 8.32 Å². The molecule has 0 aliphatic heterocycles. The van der Waals surface area contributed by atoms with Crippen molar-refractivity contribution in [3.8, 4) is 11.5 Å². The van der Waals surface area contributed by atoms with Crippen LogP contribution < -0.4 is 10.4 Å². The Kier molecular flexibility index (Phi) is 12.3. The fourth-order valence-corrected chi connectivity index (χ4v) is 13.4. The van der Waals surface area contributed by atoms with E-state index in [1.807, 2.05) is 0 Å². The van der Waals surface area contributed by atoms with Gasteiger partial charge in [-0.2, -0.15) is 0 Å². The van der Waals surface area contributed by atoms with E-state index < -0.39 is 30.8 Å². The zero-order valence-corrected chi connectivity index (χ0v) is 28.4. The van der Waals surface area contributed by atoms with Crippen molar-refractivity contribution in [3.63, 3.8) is 0 Å². The molecule has 0 spiro atoms. The van der Waals surface area contributed by atoms with Gasteiger partial charge in [-0.25, -0.2) is 0 Å². The van der Waals surface area contributed by atoms with E-state index in [0.29, 0.717) is 13.0 Å². The largest absolute Gasteiger partial charge is 0.414 e. The molecule has 0 fully saturated rings. The molecule has 2 aromatic rings. The van der Waals surface area contributed by atoms with Crippen molar-refractivity contribution < 1.29 is 14.0 Å². The van der Waals surface area contributed by atoms with Crippen LogP contribution in [0.25, 0.3) is 0 Å². The Labute approximate surface area is 236 Å². The van der Waals surface area contributed by atoms with Gasteiger partial charge in [-0.1, -0.05) is 128 Å². The number of hydrogen-bond acceptors (Lipinski definition) is 3. The maximum Gasteiger partial charge on any atom is 0.261 e. The van der Waals surface area contributed by atoms with Gasteiger partial charge in [0.15, 0.2) is 8.32 Å². The van der Waals surface area contributed by atoms with Crippen molar-refractivity contribution in [1.82, 2.24) is 0 Å². The van der Waals surface area contributed by atoms with Crippen LogP contribution in [-0.4, -0.2) is 48.6 Å². The number of benzene rings is 2. The van der Waals surface area contributed by atoms with Crippen molar-refractivity contribution in [2.45, 2.75) is 109 Å². The second-order valence-corrected chi connectivity index (χ2v) is 26.3. The Hall–Kier alpha value is -1.47. The highest BCUT2D eigenvalue weighted by Crippen LogP contribution is 2.37. The Morgan fingerprint density at radius 1 is 0.816 bits per heavy atom. The minimum atomic E-state index is -2.61. The lowest BCUT2D eigenvalue weighted by atomic mass is 10.1. The zero-order chi connectivity index (χ0) is 28.5. The topological polar surface area (TPSA) is 38.7 Å². The van der Waals surface area contributed by atoms with Crippen LogP contribution in [0.15, 0.2) is 60.7 Å². The van der Waals surface area contributed by atoms with Crippen molar-refractivity contribution in [3.05, 3.63) is 60.7 Å². The molecule has 0 radical (unpaired) electrons. The summed E-state index contributed by atoms with van der Waals surface area (Å²) in [6.45, 7) is 20.9. The summed E-state index contributed by atoms with van der Waals surface area (Å²) in [5.41, 5.74) is 3.35. The molecule has 1 N–H and O–H groups in total. The molecule has 0 unspecified atom stereocenters. The molecule has 0 amide bonds. The minimum absolute atomic E-state index is 0.0642. The van der Waals surface area contributed by atoms with Crippen molar-refractivity contribution in [2.75, 3.05) is 6.61 Å². The van der Waals surface area contributed by atoms with Crippen LogP contribution >= 0.6 is 0 Å². The highest BCUT2D eigenvalue weighted by Gasteiger charge is 2.50. The predicted octanol–water partition coefficient (Wildman–Crippen LogP) is 6.98. The first-order valence-electron chi connectivity index (χ1n) is 14.5. The van der Waals surface area contributed by atoms with Crippen LogP contribution in [0.1, 0.15) is 54.4 Å². The molecular formula is C32H52O3Si3. The summed E-state index contributed by atoms with van der Waals surface area (Å²) < 4.78 is 14.1. The molecule has 0 aliphatic carbocycles. The summed E-state index contributed by atoms with van der Waals surface area (Å²) in [5.74, 6) is 3.15. The van der Waals surface area contributed by atoms with E-state index in [1.54, 1.807) is 0 Å². The van der Waals surface area contributed by atoms with Gasteiger partial charge >= 0.3 is 0 Å². The molecule has 38 heavy (non-hydrogen) atoms. The highest BCUT2D eigenvalue weighted by atomic mass is 28.4. The van der Waals surface area contributed by atoms with Gasteiger partial charge in [0, 0.05) is 13.0 Å². The van der Waals surface area contributed by atoms with E-state index in [1.165, 1.54) is 10.4 Å². The molecular weight excluding hydrogens is 517 g/mol. The zero-order valence-electron chi connectivity index (χ0n) is 25.4. The number of aliphatic hydroxyl groups excluding tert-OH is 1. The standard InChI is InChI=1S/C32H52O3Si3/c1-10-37(11-2,12-3)35-29(27-28(33)24-26-36(7,8)9)23-25-34-38(32(4,5)6,30-19-15-13-16-20-30)31-21-17-14-18-22-31/h13-22,28-29,33H,10-12,23,25,27H2,1-9H3/t28-,29-/m1/s1. The molecule has 0 aromatic heterocycles. The monoisotopic (exact) mass is 568 g/mol. The van der Waals surface area contributed by atoms with Crippen LogP contribution in [0.4, 0.5) is 0 Å². The Bertz CT molecular complexity index is 965. The van der Waals surface area contributed by atoms with Crippen molar-refractivity contribution in [1.29, 1.82) is 0 Å². The number of hydrogen-bond donors (Lipinski definition) is 1. The molecule has 3 nitrogen and oxygen atoms in total. The van der Waals surface area contributed by atoms with Crippen LogP contribution in [0, 0.1) is 11.5 Å². The molecule has 0 aliphatic rings. The van der Waals surface area contributed by atoms with E-state index in [-0.39, 0.29) is 11.1 Å². The lowest BCUT2D eigenvalue weighted by Crippen LogP contribution is -2.66. The summed E-state index contributed by atoms with van der Waals surface area (Å²) in [7, 11) is -6.03. The SMILES string of the molecule is CC[Si](CC)(CC)O[C@H](CCO[Si](c1ccccc1)(c1ccccc1)C(C)(C)C)C[C@H](O)C#C[Si](C)(C)C. The molecule has 2 atom stereocenters. The summed E-state index contributed by atoms with van der Waals surface area (Å²) in [6, 6.07) is 24.8. The summed E-state index contributed by atoms with van der Waals surface area (Å²) in [6.07, 6.45) is 0.559. The van der Waals surface area contributed by atoms with Crippen molar-refractivity contribution in [2.24, 2.45) is 0 Å². The molecule has 0 saturated carbocycles. The van der Waals surface area contributed by atoms with Gasteiger partial charge in [0.05, 0.1) is 6.10 Å². The van der Waals surface area contributed by atoms with Crippen LogP contribution in [0.3, 0.4) is 0 Å². The van der Waals surface area contributed by atoms with E-state index in [0.717, 1.165) is 24.6 Å². The molecule has 6 heteroatoms. The maximum absolute atomic E-state index is 10.9. The average molecular weight is 569 g/mol. The van der Waals surface area contributed by atoms with Gasteiger partial charge in [0.1, 0.15) is 14.2 Å². The molecule has 2 aromatic carbocycles. The van der Waals surface area contributed by atoms with E-state index in [4.69, 9.17) is 8.85 Å². The quantitative estimate of drug-likeness (QED) is 0.209. The molecule has 2 rings (SSSR count). The van der Waals surface area contributed by atoms with Crippen LogP contribution in [-0.2, 0) is 8.85 Å². The summed E-state index contributed by atoms with van der Waals surface area (Å²) >= 11 is 0. The third-order valence-corrected chi connectivity index (χ3v) is 18.3. The normalized spacial score (nSPS) is 14.5. The molecule has 0 saturated heterocycles. The summed E-state index contributed by atoms with van der Waals surface area (Å²) in [5, 5.41) is 13.4. The number of rotatable bonds is 13. The van der Waals surface area contributed by atoms with Crippen LogP contribution in [0.2, 0.25) is 42.8 Å². The third-order valence-electron chi connectivity index (χ3n) is 7.62. The first-order valence-corrected chi connectivity index (χ1v) is 22.4. The average Bonchev–Trinajstić information content (AvgIpc) is 2.88. The molecule has 210 valence electrons. The highest BCUT2D eigenvalue weighted by molar-refractivity contribution is 6.99. The third kappa shape index (κ3) is 8.77. The lowest BCUT2D eigenvalue weighted by Gasteiger charge is -2.43. The maximum atomic E-state index is 10.9. The first kappa shape index (κ1) is 32.7. The lowest BCUT2D eigenvalue weighted by molar-refractivity contribution is 0.0964. The predicted molar refractivity (Wildman–Crippen MR) is 172 cm³/mol. The van der Waals surface area contributed by atoms with Gasteiger partial charge in [-0.05, 0) is 40.0 Å².